The number of anilines is 1. The van der Waals surface area contributed by atoms with E-state index in [0.29, 0.717) is 28.7 Å². The van der Waals surface area contributed by atoms with Gasteiger partial charge in [0.05, 0.1) is 16.3 Å². The van der Waals surface area contributed by atoms with Crippen LogP contribution in [-0.4, -0.2) is 25.9 Å². The molecule has 0 aliphatic rings. The van der Waals surface area contributed by atoms with E-state index in [4.69, 9.17) is 9.51 Å². The average Bonchev–Trinajstić information content (AvgIpc) is 3.17. The van der Waals surface area contributed by atoms with Crippen LogP contribution in [0.25, 0.3) is 10.2 Å². The van der Waals surface area contributed by atoms with Crippen molar-refractivity contribution in [2.45, 2.75) is 64.4 Å². The molecule has 0 bridgehead atoms. The molecule has 0 aromatic carbocycles. The molecule has 0 saturated carbocycles. The second kappa shape index (κ2) is 8.48. The van der Waals surface area contributed by atoms with Crippen molar-refractivity contribution in [1.82, 2.24) is 14.7 Å². The van der Waals surface area contributed by atoms with E-state index in [1.807, 2.05) is 13.8 Å². The van der Waals surface area contributed by atoms with E-state index >= 15 is 0 Å². The molecule has 28 heavy (non-hydrogen) atoms. The number of fused-ring (bicyclic) bond motifs is 1. The van der Waals surface area contributed by atoms with E-state index in [1.165, 1.54) is 23.1 Å². The summed E-state index contributed by atoms with van der Waals surface area (Å²) in [6.45, 7) is 10.2. The number of unbranched alkanes of at least 4 members (excludes halogenated alkanes) is 1. The van der Waals surface area contributed by atoms with E-state index < -0.39 is 5.25 Å². The van der Waals surface area contributed by atoms with E-state index in [1.54, 1.807) is 24.5 Å². The zero-order chi connectivity index (χ0) is 20.4. The number of aryl methyl sites for hydroxylation is 3. The lowest BCUT2D eigenvalue weighted by molar-refractivity contribution is -0.115. The van der Waals surface area contributed by atoms with Crippen LogP contribution in [-0.2, 0) is 11.3 Å². The van der Waals surface area contributed by atoms with Crippen molar-refractivity contribution >= 4 is 45.1 Å². The van der Waals surface area contributed by atoms with Gasteiger partial charge in [-0.3, -0.25) is 19.5 Å². The van der Waals surface area contributed by atoms with Crippen molar-refractivity contribution in [3.63, 3.8) is 0 Å². The molecule has 3 rings (SSSR count). The zero-order valence-electron chi connectivity index (χ0n) is 16.7. The lowest BCUT2D eigenvalue weighted by Crippen LogP contribution is -2.27. The van der Waals surface area contributed by atoms with Crippen molar-refractivity contribution in [1.29, 1.82) is 0 Å². The van der Waals surface area contributed by atoms with Gasteiger partial charge < -0.3 is 4.52 Å². The molecule has 0 saturated heterocycles. The molecule has 0 fully saturated rings. The molecule has 9 heteroatoms. The van der Waals surface area contributed by atoms with Gasteiger partial charge in [0.1, 0.15) is 4.83 Å². The highest BCUT2D eigenvalue weighted by molar-refractivity contribution is 8.00. The Balaban J connectivity index is 1.91. The van der Waals surface area contributed by atoms with Gasteiger partial charge in [0.2, 0.25) is 11.8 Å². The van der Waals surface area contributed by atoms with Crippen LogP contribution in [0.5, 0.6) is 0 Å². The van der Waals surface area contributed by atoms with E-state index in [9.17, 15) is 9.59 Å². The van der Waals surface area contributed by atoms with Crippen LogP contribution < -0.4 is 10.9 Å². The predicted molar refractivity (Wildman–Crippen MR) is 113 cm³/mol. The maximum absolute atomic E-state index is 13.1. The Morgan fingerprint density at radius 1 is 1.39 bits per heavy atom. The van der Waals surface area contributed by atoms with Crippen molar-refractivity contribution in [2.75, 3.05) is 5.32 Å². The molecule has 1 N–H and O–H groups in total. The van der Waals surface area contributed by atoms with Gasteiger partial charge in [0, 0.05) is 17.5 Å². The van der Waals surface area contributed by atoms with Gasteiger partial charge in [-0.25, -0.2) is 4.98 Å². The zero-order valence-corrected chi connectivity index (χ0v) is 18.3. The Morgan fingerprint density at radius 2 is 2.14 bits per heavy atom. The van der Waals surface area contributed by atoms with E-state index in [-0.39, 0.29) is 11.5 Å². The van der Waals surface area contributed by atoms with Gasteiger partial charge in [0.15, 0.2) is 5.16 Å². The minimum Gasteiger partial charge on any atom is -0.338 e. The molecule has 0 aliphatic heterocycles. The lowest BCUT2D eigenvalue weighted by atomic mass is 10.2. The number of thioether (sulfide) groups is 1. The predicted octanol–water partition coefficient (Wildman–Crippen LogP) is 4.29. The van der Waals surface area contributed by atoms with Crippen molar-refractivity contribution < 1.29 is 9.32 Å². The Morgan fingerprint density at radius 3 is 2.79 bits per heavy atom. The van der Waals surface area contributed by atoms with Gasteiger partial charge in [-0.15, -0.1) is 11.3 Å². The molecule has 0 radical (unpaired) electrons. The van der Waals surface area contributed by atoms with Crippen LogP contribution in [0.15, 0.2) is 20.5 Å². The minimum absolute atomic E-state index is 0.0266. The van der Waals surface area contributed by atoms with Gasteiger partial charge in [-0.2, -0.15) is 0 Å². The highest BCUT2D eigenvalue weighted by atomic mass is 32.2. The van der Waals surface area contributed by atoms with E-state index in [0.717, 1.165) is 28.1 Å². The Bertz CT molecular complexity index is 1070. The monoisotopic (exact) mass is 420 g/mol. The van der Waals surface area contributed by atoms with Gasteiger partial charge in [0.25, 0.3) is 5.56 Å². The van der Waals surface area contributed by atoms with Crippen LogP contribution in [0.1, 0.15) is 42.8 Å². The maximum atomic E-state index is 13.1. The number of rotatable bonds is 7. The molecule has 0 spiro atoms. The van der Waals surface area contributed by atoms with Gasteiger partial charge in [-0.1, -0.05) is 30.3 Å². The second-order valence-corrected chi connectivity index (χ2v) is 9.26. The molecule has 1 amide bonds. The third-order valence-electron chi connectivity index (χ3n) is 4.51. The summed E-state index contributed by atoms with van der Waals surface area (Å²) >= 11 is 2.80. The first kappa shape index (κ1) is 20.6. The van der Waals surface area contributed by atoms with Crippen LogP contribution in [0, 0.1) is 20.8 Å². The van der Waals surface area contributed by atoms with Crippen molar-refractivity contribution in [3.05, 3.63) is 32.6 Å². The molecular weight excluding hydrogens is 396 g/mol. The first-order valence-corrected chi connectivity index (χ1v) is 10.9. The fraction of sp³-hybridized carbons (Fsp3) is 0.474. The summed E-state index contributed by atoms with van der Waals surface area (Å²) in [7, 11) is 0. The van der Waals surface area contributed by atoms with Gasteiger partial charge >= 0.3 is 0 Å². The van der Waals surface area contributed by atoms with Crippen molar-refractivity contribution in [2.24, 2.45) is 0 Å². The fourth-order valence-corrected chi connectivity index (χ4v) is 4.77. The van der Waals surface area contributed by atoms with Crippen LogP contribution >= 0.6 is 23.1 Å². The van der Waals surface area contributed by atoms with Gasteiger partial charge in [-0.05, 0) is 39.7 Å². The number of aromatic nitrogens is 3. The number of thiophene rings is 1. The SMILES string of the molecule is CCCCn1c(SC(C)C(=O)Nc2cc(C)no2)nc2sc(C)c(C)c2c1=O. The smallest absolute Gasteiger partial charge is 0.263 e. The topological polar surface area (TPSA) is 90.0 Å². The summed E-state index contributed by atoms with van der Waals surface area (Å²) in [5.74, 6) is 0.0855. The fourth-order valence-electron chi connectivity index (χ4n) is 2.77. The summed E-state index contributed by atoms with van der Waals surface area (Å²) in [6.07, 6.45) is 1.85. The van der Waals surface area contributed by atoms with Crippen LogP contribution in [0.2, 0.25) is 0 Å². The number of carbonyl (C=O) groups is 1. The molecule has 3 aromatic rings. The highest BCUT2D eigenvalue weighted by Crippen LogP contribution is 2.30. The number of nitrogens with one attached hydrogen (secondary N) is 1. The molecule has 150 valence electrons. The highest BCUT2D eigenvalue weighted by Gasteiger charge is 2.22. The second-order valence-electron chi connectivity index (χ2n) is 6.75. The largest absolute Gasteiger partial charge is 0.338 e. The summed E-state index contributed by atoms with van der Waals surface area (Å²) in [4.78, 5) is 32.2. The summed E-state index contributed by atoms with van der Waals surface area (Å²) < 4.78 is 6.75. The third kappa shape index (κ3) is 4.15. The number of hydrogen-bond donors (Lipinski definition) is 1. The maximum Gasteiger partial charge on any atom is 0.263 e. The third-order valence-corrected chi connectivity index (χ3v) is 6.71. The quantitative estimate of drug-likeness (QED) is 0.453. The average molecular weight is 421 g/mol. The standard InChI is InChI=1S/C19H24N4O3S2/c1-6-7-8-23-18(25)15-11(3)12(4)27-17(15)21-19(23)28-13(5)16(24)20-14-9-10(2)22-26-14/h9,13H,6-8H2,1-5H3,(H,20,24). The molecule has 1 unspecified atom stereocenters. The first-order valence-electron chi connectivity index (χ1n) is 9.23. The molecule has 7 nitrogen and oxygen atoms in total. The molecule has 0 aliphatic carbocycles. The Kier molecular flexibility index (Phi) is 6.24. The Hall–Kier alpha value is -2.13. The van der Waals surface area contributed by atoms with E-state index in [2.05, 4.69) is 17.4 Å². The number of carbonyl (C=O) groups excluding carboxylic acids is 1. The summed E-state index contributed by atoms with van der Waals surface area (Å²) in [5.41, 5.74) is 1.66. The number of amides is 1. The lowest BCUT2D eigenvalue weighted by Gasteiger charge is -2.15. The molecule has 1 atom stereocenters. The summed E-state index contributed by atoms with van der Waals surface area (Å²) in [5, 5.41) is 7.28. The molecule has 3 heterocycles. The summed E-state index contributed by atoms with van der Waals surface area (Å²) in [6, 6.07) is 1.66. The van der Waals surface area contributed by atoms with Crippen molar-refractivity contribution in [3.8, 4) is 0 Å². The normalized spacial score (nSPS) is 12.5. The minimum atomic E-state index is -0.454. The molecule has 3 aromatic heterocycles. The first-order chi connectivity index (χ1) is 13.3. The van der Waals surface area contributed by atoms with Crippen LogP contribution in [0.4, 0.5) is 5.88 Å². The Labute approximate surface area is 171 Å². The number of hydrogen-bond acceptors (Lipinski definition) is 7. The van der Waals surface area contributed by atoms with Crippen LogP contribution in [0.3, 0.4) is 0 Å². The molecular formula is C19H24N4O3S2. The number of nitrogens with zero attached hydrogens (tertiary/aromatic N) is 3.